The summed E-state index contributed by atoms with van der Waals surface area (Å²) in [7, 11) is 0. The van der Waals surface area contributed by atoms with Crippen LogP contribution in [0.25, 0.3) is 0 Å². The van der Waals surface area contributed by atoms with E-state index in [-0.39, 0.29) is 24.4 Å². The molecular formula is C13H25ClN2O3. The van der Waals surface area contributed by atoms with E-state index in [4.69, 9.17) is 9.47 Å². The second-order valence-corrected chi connectivity index (χ2v) is 4.99. The van der Waals surface area contributed by atoms with Gasteiger partial charge in [0, 0.05) is 19.6 Å². The number of morpholine rings is 1. The van der Waals surface area contributed by atoms with Crippen molar-refractivity contribution < 1.29 is 14.3 Å². The van der Waals surface area contributed by atoms with E-state index < -0.39 is 0 Å². The van der Waals surface area contributed by atoms with Crippen LogP contribution in [0.1, 0.15) is 32.1 Å². The third-order valence-electron chi connectivity index (χ3n) is 3.53. The molecule has 2 N–H and O–H groups in total. The number of halogens is 1. The number of amides is 1. The highest BCUT2D eigenvalue weighted by Gasteiger charge is 2.21. The molecule has 1 aliphatic carbocycles. The molecule has 1 unspecified atom stereocenters. The van der Waals surface area contributed by atoms with Gasteiger partial charge in [0.15, 0.2) is 0 Å². The minimum Gasteiger partial charge on any atom is -0.376 e. The van der Waals surface area contributed by atoms with Gasteiger partial charge in [-0.25, -0.2) is 0 Å². The Labute approximate surface area is 121 Å². The lowest BCUT2D eigenvalue weighted by molar-refractivity contribution is -0.134. The summed E-state index contributed by atoms with van der Waals surface area (Å²) in [6.07, 6.45) is 6.30. The molecule has 1 atom stereocenters. The fourth-order valence-corrected chi connectivity index (χ4v) is 2.48. The fourth-order valence-electron chi connectivity index (χ4n) is 2.48. The lowest BCUT2D eigenvalue weighted by atomic mass is 9.98. The third kappa shape index (κ3) is 6.08. The normalized spacial score (nSPS) is 24.5. The highest BCUT2D eigenvalue weighted by molar-refractivity contribution is 5.85. The standard InChI is InChI=1S/C13H24N2O3.ClH/c16-13(12-10-14-6-8-18-12)15-7-9-17-11-4-2-1-3-5-11;/h11-12,14H,1-10H2,(H,15,16);1H. The highest BCUT2D eigenvalue weighted by Crippen LogP contribution is 2.19. The minimum atomic E-state index is -0.339. The number of hydrogen-bond donors (Lipinski definition) is 2. The fraction of sp³-hybridized carbons (Fsp3) is 0.923. The molecular weight excluding hydrogens is 268 g/mol. The first-order valence-corrected chi connectivity index (χ1v) is 7.08. The largest absolute Gasteiger partial charge is 0.376 e. The molecule has 1 aliphatic heterocycles. The van der Waals surface area contributed by atoms with Crippen molar-refractivity contribution in [2.45, 2.75) is 44.3 Å². The topological polar surface area (TPSA) is 59.6 Å². The molecule has 0 bridgehead atoms. The summed E-state index contributed by atoms with van der Waals surface area (Å²) in [5, 5.41) is 6.00. The van der Waals surface area contributed by atoms with Crippen molar-refractivity contribution in [2.75, 3.05) is 32.8 Å². The van der Waals surface area contributed by atoms with Crippen LogP contribution in [0.3, 0.4) is 0 Å². The molecule has 112 valence electrons. The molecule has 0 radical (unpaired) electrons. The molecule has 1 amide bonds. The Morgan fingerprint density at radius 3 is 2.79 bits per heavy atom. The summed E-state index contributed by atoms with van der Waals surface area (Å²) in [6.45, 7) is 3.23. The highest BCUT2D eigenvalue weighted by atomic mass is 35.5. The Morgan fingerprint density at radius 1 is 1.32 bits per heavy atom. The number of carbonyl (C=O) groups is 1. The van der Waals surface area contributed by atoms with Gasteiger partial charge in [0.1, 0.15) is 6.10 Å². The van der Waals surface area contributed by atoms with Crippen molar-refractivity contribution in [3.8, 4) is 0 Å². The zero-order valence-electron chi connectivity index (χ0n) is 11.4. The molecule has 2 rings (SSSR count). The van der Waals surface area contributed by atoms with Crippen LogP contribution >= 0.6 is 12.4 Å². The zero-order valence-corrected chi connectivity index (χ0v) is 12.2. The molecule has 2 fully saturated rings. The lowest BCUT2D eigenvalue weighted by Gasteiger charge is -2.24. The molecule has 0 aromatic heterocycles. The molecule has 2 aliphatic rings. The van der Waals surface area contributed by atoms with Gasteiger partial charge in [0.2, 0.25) is 0 Å². The van der Waals surface area contributed by atoms with Crippen LogP contribution in [0.5, 0.6) is 0 Å². The summed E-state index contributed by atoms with van der Waals surface area (Å²) in [4.78, 5) is 11.7. The maximum atomic E-state index is 11.7. The summed E-state index contributed by atoms with van der Waals surface area (Å²) in [5.74, 6) is -0.0329. The van der Waals surface area contributed by atoms with Gasteiger partial charge in [-0.05, 0) is 12.8 Å². The van der Waals surface area contributed by atoms with E-state index in [0.717, 1.165) is 6.54 Å². The third-order valence-corrected chi connectivity index (χ3v) is 3.53. The second-order valence-electron chi connectivity index (χ2n) is 4.99. The Hall–Kier alpha value is -0.360. The monoisotopic (exact) mass is 292 g/mol. The summed E-state index contributed by atoms with van der Waals surface area (Å²) < 4.78 is 11.1. The van der Waals surface area contributed by atoms with Crippen molar-refractivity contribution in [1.82, 2.24) is 10.6 Å². The molecule has 0 aromatic rings. The van der Waals surface area contributed by atoms with Crippen LogP contribution in [0, 0.1) is 0 Å². The number of nitrogens with one attached hydrogen (secondary N) is 2. The van der Waals surface area contributed by atoms with Crippen molar-refractivity contribution in [1.29, 1.82) is 0 Å². The van der Waals surface area contributed by atoms with E-state index in [2.05, 4.69) is 10.6 Å². The molecule has 6 heteroatoms. The first kappa shape index (κ1) is 16.7. The Morgan fingerprint density at radius 2 is 2.11 bits per heavy atom. The van der Waals surface area contributed by atoms with Gasteiger partial charge in [0.25, 0.3) is 5.91 Å². The van der Waals surface area contributed by atoms with Gasteiger partial charge in [-0.2, -0.15) is 0 Å². The first-order valence-electron chi connectivity index (χ1n) is 7.08. The van der Waals surface area contributed by atoms with E-state index in [1.165, 1.54) is 32.1 Å². The molecule has 1 heterocycles. The Bertz CT molecular complexity index is 254. The average Bonchev–Trinajstić information content (AvgIpc) is 2.45. The summed E-state index contributed by atoms with van der Waals surface area (Å²) >= 11 is 0. The molecule has 0 aromatic carbocycles. The Balaban J connectivity index is 0.00000180. The molecule has 19 heavy (non-hydrogen) atoms. The van der Waals surface area contributed by atoms with Gasteiger partial charge >= 0.3 is 0 Å². The van der Waals surface area contributed by atoms with Gasteiger partial charge in [0.05, 0.1) is 19.3 Å². The van der Waals surface area contributed by atoms with Crippen molar-refractivity contribution >= 4 is 18.3 Å². The summed E-state index contributed by atoms with van der Waals surface area (Å²) in [5.41, 5.74) is 0. The van der Waals surface area contributed by atoms with Crippen LogP contribution < -0.4 is 10.6 Å². The minimum absolute atomic E-state index is 0. The van der Waals surface area contributed by atoms with Gasteiger partial charge in [-0.1, -0.05) is 19.3 Å². The van der Waals surface area contributed by atoms with E-state index in [9.17, 15) is 4.79 Å². The maximum Gasteiger partial charge on any atom is 0.250 e. The van der Waals surface area contributed by atoms with Crippen LogP contribution in [0.2, 0.25) is 0 Å². The van der Waals surface area contributed by atoms with Gasteiger partial charge in [-0.3, -0.25) is 4.79 Å². The lowest BCUT2D eigenvalue weighted by Crippen LogP contribution is -2.48. The van der Waals surface area contributed by atoms with Crippen molar-refractivity contribution in [3.63, 3.8) is 0 Å². The van der Waals surface area contributed by atoms with E-state index in [1.807, 2.05) is 0 Å². The van der Waals surface area contributed by atoms with E-state index in [0.29, 0.717) is 32.4 Å². The molecule has 0 spiro atoms. The molecule has 5 nitrogen and oxygen atoms in total. The van der Waals surface area contributed by atoms with Crippen molar-refractivity contribution in [3.05, 3.63) is 0 Å². The molecule has 1 saturated heterocycles. The Kier molecular flexibility index (Phi) is 8.37. The van der Waals surface area contributed by atoms with Gasteiger partial charge < -0.3 is 20.1 Å². The predicted octanol–water partition coefficient (Wildman–Crippen LogP) is 0.862. The quantitative estimate of drug-likeness (QED) is 0.738. The smallest absolute Gasteiger partial charge is 0.250 e. The van der Waals surface area contributed by atoms with Crippen LogP contribution in [-0.4, -0.2) is 51.0 Å². The first-order chi connectivity index (χ1) is 8.86. The predicted molar refractivity (Wildman–Crippen MR) is 75.7 cm³/mol. The van der Waals surface area contributed by atoms with E-state index in [1.54, 1.807) is 0 Å². The number of hydrogen-bond acceptors (Lipinski definition) is 4. The van der Waals surface area contributed by atoms with Gasteiger partial charge in [-0.15, -0.1) is 12.4 Å². The van der Waals surface area contributed by atoms with Crippen LogP contribution in [-0.2, 0) is 14.3 Å². The maximum absolute atomic E-state index is 11.7. The zero-order chi connectivity index (χ0) is 12.6. The average molecular weight is 293 g/mol. The van der Waals surface area contributed by atoms with Crippen LogP contribution in [0.15, 0.2) is 0 Å². The molecule has 1 saturated carbocycles. The second kappa shape index (κ2) is 9.53. The van der Waals surface area contributed by atoms with Crippen LogP contribution in [0.4, 0.5) is 0 Å². The SMILES string of the molecule is Cl.O=C(NCCOC1CCCCC1)C1CNCCO1. The number of carbonyl (C=O) groups excluding carboxylic acids is 1. The number of rotatable bonds is 5. The van der Waals surface area contributed by atoms with E-state index >= 15 is 0 Å². The van der Waals surface area contributed by atoms with Crippen molar-refractivity contribution in [2.24, 2.45) is 0 Å². The number of ether oxygens (including phenoxy) is 2. The summed E-state index contributed by atoms with van der Waals surface area (Å²) in [6, 6.07) is 0.